The molecule has 0 fully saturated rings. The fourth-order valence-electron chi connectivity index (χ4n) is 3.72. The number of esters is 1. The normalized spacial score (nSPS) is 23.0. The Morgan fingerprint density at radius 2 is 2.04 bits per heavy atom. The maximum atomic E-state index is 12.7. The molecule has 0 N–H and O–H groups in total. The van der Waals surface area contributed by atoms with Crippen LogP contribution < -0.4 is 4.74 Å². The Morgan fingerprint density at radius 1 is 1.28 bits per heavy atom. The monoisotopic (exact) mass is 405 g/mol. The number of rotatable bonds is 3. The van der Waals surface area contributed by atoms with Crippen LogP contribution in [0.5, 0.6) is 5.75 Å². The second-order valence-corrected chi connectivity index (χ2v) is 7.17. The number of halogens is 1. The van der Waals surface area contributed by atoms with Crippen molar-refractivity contribution in [3.8, 4) is 5.75 Å². The molecule has 0 saturated heterocycles. The molecule has 6 heteroatoms. The van der Waals surface area contributed by atoms with Gasteiger partial charge in [0, 0.05) is 39.4 Å². The predicted octanol–water partition coefficient (Wildman–Crippen LogP) is 3.81. The molecule has 3 rings (SSSR count). The van der Waals surface area contributed by atoms with Gasteiger partial charge in [-0.1, -0.05) is 15.9 Å². The number of nitrogens with zero attached hydrogens (tertiary/aromatic N) is 1. The summed E-state index contributed by atoms with van der Waals surface area (Å²) in [7, 11) is 2.94. The number of benzene rings is 1. The van der Waals surface area contributed by atoms with Gasteiger partial charge in [0.05, 0.1) is 14.2 Å². The summed E-state index contributed by atoms with van der Waals surface area (Å²) in [5.41, 5.74) is 2.89. The van der Waals surface area contributed by atoms with Crippen molar-refractivity contribution in [1.29, 1.82) is 0 Å². The number of aliphatic imine (C=N–C) groups is 1. The Kier molecular flexibility index (Phi) is 5.08. The Balaban J connectivity index is 2.25. The molecule has 1 unspecified atom stereocenters. The topological polar surface area (TPSA) is 65.0 Å². The molecule has 132 valence electrons. The number of ketones is 1. The van der Waals surface area contributed by atoms with Crippen LogP contribution in [0.2, 0.25) is 0 Å². The van der Waals surface area contributed by atoms with Gasteiger partial charge in [0.15, 0.2) is 5.78 Å². The highest BCUT2D eigenvalue weighted by atomic mass is 79.9. The first-order chi connectivity index (χ1) is 12.0. The molecule has 0 amide bonds. The molecule has 5 nitrogen and oxygen atoms in total. The number of ether oxygens (including phenoxy) is 2. The highest BCUT2D eigenvalue weighted by Gasteiger charge is 2.44. The Morgan fingerprint density at radius 3 is 2.72 bits per heavy atom. The largest absolute Gasteiger partial charge is 0.496 e. The Bertz CT molecular complexity index is 797. The van der Waals surface area contributed by atoms with Crippen LogP contribution in [0, 0.1) is 5.92 Å². The lowest BCUT2D eigenvalue weighted by Gasteiger charge is -2.34. The number of carbonyl (C=O) groups is 2. The van der Waals surface area contributed by atoms with Gasteiger partial charge < -0.3 is 9.47 Å². The summed E-state index contributed by atoms with van der Waals surface area (Å²) in [6, 6.07) is 5.62. The zero-order valence-electron chi connectivity index (χ0n) is 14.5. The smallest absolute Gasteiger partial charge is 0.315 e. The fourth-order valence-corrected chi connectivity index (χ4v) is 4.10. The zero-order valence-corrected chi connectivity index (χ0v) is 16.1. The van der Waals surface area contributed by atoms with Crippen LogP contribution in [0.4, 0.5) is 0 Å². The second kappa shape index (κ2) is 7.12. The molecule has 1 aromatic rings. The maximum absolute atomic E-state index is 12.7. The van der Waals surface area contributed by atoms with Crippen molar-refractivity contribution < 1.29 is 19.1 Å². The van der Waals surface area contributed by atoms with Crippen LogP contribution in [-0.4, -0.2) is 31.7 Å². The summed E-state index contributed by atoms with van der Waals surface area (Å²) in [5.74, 6) is -0.770. The van der Waals surface area contributed by atoms with Gasteiger partial charge in [0.2, 0.25) is 0 Å². The lowest BCUT2D eigenvalue weighted by molar-refractivity contribution is -0.143. The first-order valence-electron chi connectivity index (χ1n) is 8.20. The molecule has 0 saturated carbocycles. The van der Waals surface area contributed by atoms with Crippen LogP contribution >= 0.6 is 15.9 Å². The number of carbonyl (C=O) groups excluding carboxylic acids is 2. The quantitative estimate of drug-likeness (QED) is 0.717. The van der Waals surface area contributed by atoms with Crippen LogP contribution in [0.15, 0.2) is 38.9 Å². The van der Waals surface area contributed by atoms with E-state index in [1.54, 1.807) is 7.11 Å². The van der Waals surface area contributed by atoms with Gasteiger partial charge in [-0.3, -0.25) is 14.6 Å². The van der Waals surface area contributed by atoms with Gasteiger partial charge in [-0.15, -0.1) is 0 Å². The molecule has 1 aromatic carbocycles. The van der Waals surface area contributed by atoms with Crippen molar-refractivity contribution in [3.63, 3.8) is 0 Å². The number of Topliss-reactive ketones (excluding diaryl/α,β-unsaturated/α-hetero) is 1. The van der Waals surface area contributed by atoms with Crippen molar-refractivity contribution >= 4 is 33.4 Å². The van der Waals surface area contributed by atoms with Crippen LogP contribution in [-0.2, 0) is 14.3 Å². The standard InChI is InChI=1S/C19H20BrNO4/c1-10-16(19(23)25-3)17(12-9-11(20)7-8-15(12)24-2)18-13(21-10)5-4-6-14(18)22/h7-9,16-17H,4-6H2,1-3H3/t16?,17-/m1/s1. The van der Waals surface area contributed by atoms with E-state index in [1.807, 2.05) is 25.1 Å². The number of hydrogen-bond donors (Lipinski definition) is 0. The summed E-state index contributed by atoms with van der Waals surface area (Å²) < 4.78 is 11.4. The molecule has 1 heterocycles. The third kappa shape index (κ3) is 3.15. The number of allylic oxidation sites excluding steroid dienone is 2. The predicted molar refractivity (Wildman–Crippen MR) is 97.9 cm³/mol. The third-order valence-electron chi connectivity index (χ3n) is 4.82. The first-order valence-corrected chi connectivity index (χ1v) is 9.00. The Hall–Kier alpha value is -1.95. The van der Waals surface area contributed by atoms with Gasteiger partial charge in [-0.05, 0) is 38.0 Å². The van der Waals surface area contributed by atoms with Crippen molar-refractivity contribution in [1.82, 2.24) is 0 Å². The minimum absolute atomic E-state index is 0.0541. The molecule has 0 radical (unpaired) electrons. The minimum Gasteiger partial charge on any atom is -0.496 e. The van der Waals surface area contributed by atoms with E-state index >= 15 is 0 Å². The van der Waals surface area contributed by atoms with E-state index in [2.05, 4.69) is 20.9 Å². The summed E-state index contributed by atoms with van der Waals surface area (Å²) in [5, 5.41) is 0. The molecule has 2 atom stereocenters. The van der Waals surface area contributed by atoms with Crippen molar-refractivity contribution in [2.75, 3.05) is 14.2 Å². The third-order valence-corrected chi connectivity index (χ3v) is 5.31. The maximum Gasteiger partial charge on any atom is 0.315 e. The van der Waals surface area contributed by atoms with E-state index in [1.165, 1.54) is 7.11 Å². The first kappa shape index (κ1) is 17.9. The van der Waals surface area contributed by atoms with Crippen molar-refractivity contribution in [2.24, 2.45) is 10.9 Å². The van der Waals surface area contributed by atoms with Crippen molar-refractivity contribution in [2.45, 2.75) is 32.1 Å². The molecular formula is C19H20BrNO4. The van der Waals surface area contributed by atoms with Gasteiger partial charge in [-0.25, -0.2) is 0 Å². The lowest BCUT2D eigenvalue weighted by atomic mass is 9.71. The highest BCUT2D eigenvalue weighted by molar-refractivity contribution is 9.10. The summed E-state index contributed by atoms with van der Waals surface area (Å²) in [6.07, 6.45) is 2.02. The summed E-state index contributed by atoms with van der Waals surface area (Å²) in [4.78, 5) is 29.8. The fraction of sp³-hybridized carbons (Fsp3) is 0.421. The molecule has 0 aromatic heterocycles. The van der Waals surface area contributed by atoms with E-state index in [-0.39, 0.29) is 5.78 Å². The molecule has 2 aliphatic rings. The minimum atomic E-state index is -0.631. The van der Waals surface area contributed by atoms with Crippen LogP contribution in [0.3, 0.4) is 0 Å². The summed E-state index contributed by atoms with van der Waals surface area (Å²) >= 11 is 3.48. The summed E-state index contributed by atoms with van der Waals surface area (Å²) in [6.45, 7) is 1.82. The molecule has 0 spiro atoms. The lowest BCUT2D eigenvalue weighted by Crippen LogP contribution is -2.37. The van der Waals surface area contributed by atoms with Gasteiger partial charge in [-0.2, -0.15) is 0 Å². The molecule has 1 aliphatic carbocycles. The highest BCUT2D eigenvalue weighted by Crippen LogP contribution is 2.46. The van der Waals surface area contributed by atoms with E-state index in [9.17, 15) is 9.59 Å². The average Bonchev–Trinajstić information content (AvgIpc) is 2.60. The van der Waals surface area contributed by atoms with Gasteiger partial charge >= 0.3 is 5.97 Å². The number of hydrogen-bond acceptors (Lipinski definition) is 5. The van der Waals surface area contributed by atoms with Crippen LogP contribution in [0.25, 0.3) is 0 Å². The van der Waals surface area contributed by atoms with E-state index in [4.69, 9.17) is 9.47 Å². The Labute approximate surface area is 155 Å². The van der Waals surface area contributed by atoms with Gasteiger partial charge in [0.25, 0.3) is 0 Å². The van der Waals surface area contributed by atoms with E-state index < -0.39 is 17.8 Å². The molecule has 1 aliphatic heterocycles. The number of methoxy groups -OCH3 is 2. The zero-order chi connectivity index (χ0) is 18.1. The molecule has 25 heavy (non-hydrogen) atoms. The second-order valence-electron chi connectivity index (χ2n) is 6.26. The van der Waals surface area contributed by atoms with E-state index in [0.717, 1.165) is 28.6 Å². The molecule has 0 bridgehead atoms. The van der Waals surface area contributed by atoms with Crippen LogP contribution in [0.1, 0.15) is 37.7 Å². The van der Waals surface area contributed by atoms with Gasteiger partial charge in [0.1, 0.15) is 11.7 Å². The van der Waals surface area contributed by atoms with Crippen molar-refractivity contribution in [3.05, 3.63) is 39.5 Å². The molecular weight excluding hydrogens is 386 g/mol. The van der Waals surface area contributed by atoms with E-state index in [0.29, 0.717) is 23.5 Å². The average molecular weight is 406 g/mol. The SMILES string of the molecule is COC(=O)C1C(C)=NC2=C(C(=O)CCC2)[C@@H]1c1cc(Br)ccc1OC.